The number of carbonyl (C=O) groups excluding carboxylic acids is 1. The van der Waals surface area contributed by atoms with E-state index in [0.29, 0.717) is 6.04 Å². The van der Waals surface area contributed by atoms with E-state index >= 15 is 0 Å². The van der Waals surface area contributed by atoms with Crippen LogP contribution in [0.1, 0.15) is 18.1 Å². The summed E-state index contributed by atoms with van der Waals surface area (Å²) in [6.07, 6.45) is 1.92. The highest BCUT2D eigenvalue weighted by Gasteiger charge is 2.20. The van der Waals surface area contributed by atoms with Gasteiger partial charge < -0.3 is 10.6 Å². The van der Waals surface area contributed by atoms with Crippen LogP contribution in [-0.2, 0) is 17.6 Å². The number of hydrogen-bond donors (Lipinski definition) is 2. The maximum absolute atomic E-state index is 13.6. The van der Waals surface area contributed by atoms with Gasteiger partial charge in [-0.15, -0.1) is 0 Å². The van der Waals surface area contributed by atoms with Gasteiger partial charge in [0, 0.05) is 18.7 Å². The van der Waals surface area contributed by atoms with E-state index < -0.39 is 5.82 Å². The smallest absolute Gasteiger partial charge is 0.221 e. The highest BCUT2D eigenvalue weighted by atomic mass is 19.1. The van der Waals surface area contributed by atoms with E-state index in [1.54, 1.807) is 12.1 Å². The number of halogens is 1. The number of rotatable bonds is 3. The molecular formula is C17H17FN2O. The summed E-state index contributed by atoms with van der Waals surface area (Å²) < 4.78 is 13.6. The summed E-state index contributed by atoms with van der Waals surface area (Å²) in [4.78, 5) is 11.1. The van der Waals surface area contributed by atoms with Crippen molar-refractivity contribution in [3.63, 3.8) is 0 Å². The molecule has 1 aliphatic carbocycles. The second kappa shape index (κ2) is 5.56. The molecule has 3 nitrogen and oxygen atoms in total. The van der Waals surface area contributed by atoms with E-state index in [1.807, 2.05) is 12.1 Å². The minimum absolute atomic E-state index is 0.211. The molecule has 0 fully saturated rings. The number of anilines is 2. The lowest BCUT2D eigenvalue weighted by Crippen LogP contribution is -2.19. The molecule has 0 radical (unpaired) electrons. The summed E-state index contributed by atoms with van der Waals surface area (Å²) in [5, 5.41) is 5.91. The van der Waals surface area contributed by atoms with Gasteiger partial charge in [-0.2, -0.15) is 0 Å². The molecule has 0 heterocycles. The van der Waals surface area contributed by atoms with Gasteiger partial charge in [0.1, 0.15) is 5.82 Å². The van der Waals surface area contributed by atoms with Crippen LogP contribution in [0.15, 0.2) is 42.5 Å². The van der Waals surface area contributed by atoms with Gasteiger partial charge in [-0.3, -0.25) is 4.79 Å². The van der Waals surface area contributed by atoms with Gasteiger partial charge in [-0.1, -0.05) is 24.3 Å². The van der Waals surface area contributed by atoms with Crippen molar-refractivity contribution in [1.82, 2.24) is 0 Å². The Bertz CT molecular complexity index is 659. The van der Waals surface area contributed by atoms with Crippen LogP contribution in [0.4, 0.5) is 15.8 Å². The zero-order valence-electron chi connectivity index (χ0n) is 11.8. The number of fused-ring (bicyclic) bond motifs is 1. The summed E-state index contributed by atoms with van der Waals surface area (Å²) in [6.45, 7) is 1.37. The third-order valence-electron chi connectivity index (χ3n) is 3.70. The lowest BCUT2D eigenvalue weighted by Gasteiger charge is -2.15. The normalized spacial score (nSPS) is 13.8. The van der Waals surface area contributed by atoms with Crippen molar-refractivity contribution in [2.75, 3.05) is 10.6 Å². The summed E-state index contributed by atoms with van der Waals surface area (Å²) >= 11 is 0. The first-order valence-electron chi connectivity index (χ1n) is 7.02. The molecule has 2 N–H and O–H groups in total. The monoisotopic (exact) mass is 284 g/mol. The number of benzene rings is 2. The lowest BCUT2D eigenvalue weighted by atomic mass is 10.1. The molecular weight excluding hydrogens is 267 g/mol. The molecule has 0 unspecified atom stereocenters. The molecule has 1 amide bonds. The molecule has 0 saturated carbocycles. The molecule has 3 rings (SSSR count). The fourth-order valence-electron chi connectivity index (χ4n) is 2.80. The third-order valence-corrected chi connectivity index (χ3v) is 3.70. The standard InChI is InChI=1S/C17H17FN2O/c1-11(21)19-17-10-14(6-7-16(17)18)20-15-8-12-4-2-3-5-13(12)9-15/h2-7,10,15,20H,8-9H2,1H3,(H,19,21). The van der Waals surface area contributed by atoms with E-state index in [-0.39, 0.29) is 11.6 Å². The highest BCUT2D eigenvalue weighted by Crippen LogP contribution is 2.26. The zero-order valence-corrected chi connectivity index (χ0v) is 11.8. The fraction of sp³-hybridized carbons (Fsp3) is 0.235. The summed E-state index contributed by atoms with van der Waals surface area (Å²) in [6, 6.07) is 13.4. The van der Waals surface area contributed by atoms with E-state index in [4.69, 9.17) is 0 Å². The van der Waals surface area contributed by atoms with Crippen LogP contribution in [0.3, 0.4) is 0 Å². The first-order chi connectivity index (χ1) is 10.1. The van der Waals surface area contributed by atoms with Crippen molar-refractivity contribution in [3.05, 3.63) is 59.4 Å². The van der Waals surface area contributed by atoms with Crippen molar-refractivity contribution in [2.24, 2.45) is 0 Å². The van der Waals surface area contributed by atoms with E-state index in [9.17, 15) is 9.18 Å². The number of hydrogen-bond acceptors (Lipinski definition) is 2. The first-order valence-corrected chi connectivity index (χ1v) is 7.02. The van der Waals surface area contributed by atoms with Crippen LogP contribution in [0.2, 0.25) is 0 Å². The molecule has 2 aromatic rings. The van der Waals surface area contributed by atoms with Gasteiger partial charge in [0.2, 0.25) is 5.91 Å². The van der Waals surface area contributed by atoms with Crippen LogP contribution in [0.25, 0.3) is 0 Å². The van der Waals surface area contributed by atoms with Gasteiger partial charge in [-0.05, 0) is 42.2 Å². The van der Waals surface area contributed by atoms with E-state index in [1.165, 1.54) is 24.1 Å². The minimum atomic E-state index is -0.426. The first kappa shape index (κ1) is 13.6. The predicted molar refractivity (Wildman–Crippen MR) is 82.0 cm³/mol. The van der Waals surface area contributed by atoms with Crippen molar-refractivity contribution in [1.29, 1.82) is 0 Å². The number of nitrogens with one attached hydrogen (secondary N) is 2. The maximum atomic E-state index is 13.6. The Morgan fingerprint density at radius 3 is 2.43 bits per heavy atom. The fourth-order valence-corrected chi connectivity index (χ4v) is 2.80. The van der Waals surface area contributed by atoms with Gasteiger partial charge >= 0.3 is 0 Å². The summed E-state index contributed by atoms with van der Waals surface area (Å²) in [5.74, 6) is -0.704. The molecule has 0 aromatic heterocycles. The van der Waals surface area contributed by atoms with Gasteiger partial charge in [-0.25, -0.2) is 4.39 Å². The Kier molecular flexibility index (Phi) is 3.60. The van der Waals surface area contributed by atoms with Crippen LogP contribution >= 0.6 is 0 Å². The van der Waals surface area contributed by atoms with E-state index in [0.717, 1.165) is 18.5 Å². The Hall–Kier alpha value is -2.36. The summed E-state index contributed by atoms with van der Waals surface area (Å²) in [5.41, 5.74) is 3.75. The Morgan fingerprint density at radius 2 is 1.81 bits per heavy atom. The number of amides is 1. The SMILES string of the molecule is CC(=O)Nc1cc(NC2Cc3ccccc3C2)ccc1F. The maximum Gasteiger partial charge on any atom is 0.221 e. The Balaban J connectivity index is 1.73. The molecule has 0 atom stereocenters. The van der Waals surface area contributed by atoms with Crippen molar-refractivity contribution < 1.29 is 9.18 Å². The van der Waals surface area contributed by atoms with Crippen molar-refractivity contribution in [3.8, 4) is 0 Å². The summed E-state index contributed by atoms with van der Waals surface area (Å²) in [7, 11) is 0. The molecule has 108 valence electrons. The lowest BCUT2D eigenvalue weighted by molar-refractivity contribution is -0.114. The molecule has 4 heteroatoms. The highest BCUT2D eigenvalue weighted by molar-refractivity contribution is 5.89. The van der Waals surface area contributed by atoms with Gasteiger partial charge in [0.25, 0.3) is 0 Å². The van der Waals surface area contributed by atoms with Crippen LogP contribution in [0.5, 0.6) is 0 Å². The van der Waals surface area contributed by atoms with Crippen LogP contribution in [0, 0.1) is 5.82 Å². The molecule has 1 aliphatic rings. The Morgan fingerprint density at radius 1 is 1.14 bits per heavy atom. The topological polar surface area (TPSA) is 41.1 Å². The average molecular weight is 284 g/mol. The number of carbonyl (C=O) groups is 1. The average Bonchev–Trinajstić information content (AvgIpc) is 2.84. The molecule has 0 saturated heterocycles. The molecule has 21 heavy (non-hydrogen) atoms. The van der Waals surface area contributed by atoms with Crippen molar-refractivity contribution >= 4 is 17.3 Å². The van der Waals surface area contributed by atoms with Crippen molar-refractivity contribution in [2.45, 2.75) is 25.8 Å². The van der Waals surface area contributed by atoms with Gasteiger partial charge in [0.15, 0.2) is 0 Å². The predicted octanol–water partition coefficient (Wildman–Crippen LogP) is 3.36. The second-order valence-electron chi connectivity index (χ2n) is 5.39. The molecule has 0 aliphatic heterocycles. The van der Waals surface area contributed by atoms with E-state index in [2.05, 4.69) is 22.8 Å². The Labute approximate surface area is 123 Å². The molecule has 0 bridgehead atoms. The second-order valence-corrected chi connectivity index (χ2v) is 5.39. The molecule has 2 aromatic carbocycles. The largest absolute Gasteiger partial charge is 0.382 e. The quantitative estimate of drug-likeness (QED) is 0.907. The minimum Gasteiger partial charge on any atom is -0.382 e. The van der Waals surface area contributed by atoms with Gasteiger partial charge in [0.05, 0.1) is 5.69 Å². The van der Waals surface area contributed by atoms with Crippen LogP contribution in [-0.4, -0.2) is 11.9 Å². The third kappa shape index (κ3) is 3.05. The van der Waals surface area contributed by atoms with Crippen LogP contribution < -0.4 is 10.6 Å². The molecule has 0 spiro atoms. The zero-order chi connectivity index (χ0) is 14.8.